The van der Waals surface area contributed by atoms with Crippen LogP contribution < -0.4 is 16.4 Å². The van der Waals surface area contributed by atoms with Gasteiger partial charge in [0.25, 0.3) is 5.91 Å². The van der Waals surface area contributed by atoms with Gasteiger partial charge in [0.1, 0.15) is 17.1 Å². The zero-order valence-corrected chi connectivity index (χ0v) is 16.8. The van der Waals surface area contributed by atoms with Gasteiger partial charge in [0.2, 0.25) is 0 Å². The number of amides is 1. The molecule has 1 fully saturated rings. The Bertz CT molecular complexity index is 989. The first-order valence-corrected chi connectivity index (χ1v) is 10.4. The van der Waals surface area contributed by atoms with E-state index < -0.39 is 5.91 Å². The Morgan fingerprint density at radius 2 is 1.77 bits per heavy atom. The number of hydrogen-bond donors (Lipinski definition) is 5. The fourth-order valence-electron chi connectivity index (χ4n) is 4.02. The molecule has 2 aromatic carbocycles. The molecule has 0 bridgehead atoms. The second kappa shape index (κ2) is 8.90. The summed E-state index contributed by atoms with van der Waals surface area (Å²) in [5, 5.41) is 22.8. The molecule has 1 aromatic heterocycles. The van der Waals surface area contributed by atoms with Gasteiger partial charge in [-0.1, -0.05) is 43.5 Å². The number of aromatic hydroxyl groups is 1. The standard InChI is InChI=1S/C23H27N5O2/c24-21(30)20-22(25-14-15-6-12-19(29)13-7-15)27-28-23(20)26-18-10-8-17(9-11-18)16-4-2-1-3-5-16/h6-13,16,29H,1-5,14H2,(H2,24,30)(H3,25,26,27,28). The normalized spacial score (nSPS) is 14.4. The highest BCUT2D eigenvalue weighted by Crippen LogP contribution is 2.33. The van der Waals surface area contributed by atoms with Crippen LogP contribution in [0.2, 0.25) is 0 Å². The molecular weight excluding hydrogens is 378 g/mol. The third-order valence-electron chi connectivity index (χ3n) is 5.67. The van der Waals surface area contributed by atoms with E-state index in [2.05, 4.69) is 33.0 Å². The molecule has 7 heteroatoms. The van der Waals surface area contributed by atoms with E-state index in [0.29, 0.717) is 24.1 Å². The van der Waals surface area contributed by atoms with Gasteiger partial charge >= 0.3 is 0 Å². The summed E-state index contributed by atoms with van der Waals surface area (Å²) in [7, 11) is 0. The van der Waals surface area contributed by atoms with Crippen molar-refractivity contribution in [2.75, 3.05) is 10.6 Å². The molecule has 0 atom stereocenters. The Morgan fingerprint density at radius 3 is 2.43 bits per heavy atom. The molecule has 1 aliphatic rings. The fraction of sp³-hybridized carbons (Fsp3) is 0.304. The lowest BCUT2D eigenvalue weighted by molar-refractivity contribution is 0.100. The predicted molar refractivity (Wildman–Crippen MR) is 118 cm³/mol. The van der Waals surface area contributed by atoms with Gasteiger partial charge < -0.3 is 21.5 Å². The number of aromatic nitrogens is 2. The summed E-state index contributed by atoms with van der Waals surface area (Å²) in [5.41, 5.74) is 9.07. The number of anilines is 3. The Morgan fingerprint density at radius 1 is 1.07 bits per heavy atom. The molecule has 30 heavy (non-hydrogen) atoms. The predicted octanol–water partition coefficient (Wildman–Crippen LogP) is 4.62. The van der Waals surface area contributed by atoms with Crippen molar-refractivity contribution in [1.29, 1.82) is 0 Å². The minimum absolute atomic E-state index is 0.208. The van der Waals surface area contributed by atoms with Crippen LogP contribution in [0.3, 0.4) is 0 Å². The number of nitrogens with one attached hydrogen (secondary N) is 3. The van der Waals surface area contributed by atoms with Crippen molar-refractivity contribution in [3.8, 4) is 5.75 Å². The first-order chi connectivity index (χ1) is 14.6. The van der Waals surface area contributed by atoms with E-state index in [-0.39, 0.29) is 11.3 Å². The number of carbonyl (C=O) groups is 1. The molecule has 3 aromatic rings. The lowest BCUT2D eigenvalue weighted by Crippen LogP contribution is -2.15. The summed E-state index contributed by atoms with van der Waals surface area (Å²) in [4.78, 5) is 12.1. The topological polar surface area (TPSA) is 116 Å². The van der Waals surface area contributed by atoms with E-state index in [0.717, 1.165) is 11.3 Å². The van der Waals surface area contributed by atoms with Crippen molar-refractivity contribution in [2.45, 2.75) is 44.6 Å². The number of nitrogens with zero attached hydrogens (tertiary/aromatic N) is 1. The number of hydrogen-bond acceptors (Lipinski definition) is 5. The lowest BCUT2D eigenvalue weighted by Gasteiger charge is -2.22. The summed E-state index contributed by atoms with van der Waals surface area (Å²) >= 11 is 0. The number of primary amides is 1. The highest BCUT2D eigenvalue weighted by atomic mass is 16.3. The van der Waals surface area contributed by atoms with Gasteiger partial charge in [-0.2, -0.15) is 5.10 Å². The Balaban J connectivity index is 1.46. The van der Waals surface area contributed by atoms with Crippen molar-refractivity contribution >= 4 is 23.2 Å². The van der Waals surface area contributed by atoms with E-state index in [1.807, 2.05) is 12.1 Å². The van der Waals surface area contributed by atoms with Crippen molar-refractivity contribution in [2.24, 2.45) is 5.73 Å². The van der Waals surface area contributed by atoms with Crippen molar-refractivity contribution in [3.05, 3.63) is 65.2 Å². The quantitative estimate of drug-likeness (QED) is 0.393. The number of phenols is 1. The largest absolute Gasteiger partial charge is 0.508 e. The van der Waals surface area contributed by atoms with Crippen molar-refractivity contribution < 1.29 is 9.90 Å². The first-order valence-electron chi connectivity index (χ1n) is 10.4. The van der Waals surface area contributed by atoms with E-state index in [1.165, 1.54) is 37.7 Å². The maximum Gasteiger partial charge on any atom is 0.256 e. The van der Waals surface area contributed by atoms with Crippen LogP contribution in [0.1, 0.15) is 59.5 Å². The van der Waals surface area contributed by atoms with Crippen LogP contribution in [0.5, 0.6) is 5.75 Å². The monoisotopic (exact) mass is 405 g/mol. The van der Waals surface area contributed by atoms with Crippen molar-refractivity contribution in [1.82, 2.24) is 10.2 Å². The molecule has 0 unspecified atom stereocenters. The maximum atomic E-state index is 12.1. The van der Waals surface area contributed by atoms with Crippen LogP contribution in [0.15, 0.2) is 48.5 Å². The Hall–Kier alpha value is -3.48. The van der Waals surface area contributed by atoms with Crippen LogP contribution >= 0.6 is 0 Å². The summed E-state index contributed by atoms with van der Waals surface area (Å²) in [6.07, 6.45) is 6.47. The number of nitrogens with two attached hydrogens (primary N) is 1. The SMILES string of the molecule is NC(=O)c1c(Nc2ccc(C3CCCCC3)cc2)n[nH]c1NCc1ccc(O)cc1. The van der Waals surface area contributed by atoms with E-state index in [9.17, 15) is 9.90 Å². The third-order valence-corrected chi connectivity index (χ3v) is 5.67. The fourth-order valence-corrected chi connectivity index (χ4v) is 4.02. The molecule has 1 aliphatic carbocycles. The highest BCUT2D eigenvalue weighted by Gasteiger charge is 2.19. The van der Waals surface area contributed by atoms with Gasteiger partial charge in [0, 0.05) is 12.2 Å². The Labute approximate surface area is 175 Å². The highest BCUT2D eigenvalue weighted by molar-refractivity contribution is 6.03. The van der Waals surface area contributed by atoms with E-state index in [1.54, 1.807) is 24.3 Å². The van der Waals surface area contributed by atoms with Gasteiger partial charge in [0.15, 0.2) is 5.82 Å². The Kier molecular flexibility index (Phi) is 5.88. The van der Waals surface area contributed by atoms with Crippen LogP contribution in [-0.4, -0.2) is 21.2 Å². The molecule has 0 spiro atoms. The number of carbonyl (C=O) groups excluding carboxylic acids is 1. The molecule has 1 heterocycles. The average Bonchev–Trinajstić information content (AvgIpc) is 3.17. The molecule has 4 rings (SSSR count). The van der Waals surface area contributed by atoms with Gasteiger partial charge in [-0.25, -0.2) is 0 Å². The second-order valence-electron chi connectivity index (χ2n) is 7.79. The molecule has 7 nitrogen and oxygen atoms in total. The average molecular weight is 406 g/mol. The number of phenolic OH excluding ortho intramolecular Hbond substituents is 1. The molecule has 0 saturated heterocycles. The van der Waals surface area contributed by atoms with Crippen LogP contribution in [0.4, 0.5) is 17.3 Å². The molecule has 0 radical (unpaired) electrons. The molecule has 6 N–H and O–H groups in total. The summed E-state index contributed by atoms with van der Waals surface area (Å²) in [6.45, 7) is 0.457. The second-order valence-corrected chi connectivity index (χ2v) is 7.79. The zero-order chi connectivity index (χ0) is 20.9. The summed E-state index contributed by atoms with van der Waals surface area (Å²) in [5.74, 6) is 1.13. The molecule has 0 aliphatic heterocycles. The van der Waals surface area contributed by atoms with Crippen LogP contribution in [-0.2, 0) is 6.54 Å². The molecule has 156 valence electrons. The number of benzene rings is 2. The van der Waals surface area contributed by atoms with Gasteiger partial charge in [0.05, 0.1) is 0 Å². The van der Waals surface area contributed by atoms with E-state index >= 15 is 0 Å². The van der Waals surface area contributed by atoms with Crippen LogP contribution in [0.25, 0.3) is 0 Å². The summed E-state index contributed by atoms with van der Waals surface area (Å²) in [6, 6.07) is 15.2. The summed E-state index contributed by atoms with van der Waals surface area (Å²) < 4.78 is 0. The lowest BCUT2D eigenvalue weighted by atomic mass is 9.84. The van der Waals surface area contributed by atoms with Gasteiger partial charge in [-0.3, -0.25) is 9.89 Å². The maximum absolute atomic E-state index is 12.1. The van der Waals surface area contributed by atoms with Gasteiger partial charge in [-0.05, 0) is 54.2 Å². The number of H-pyrrole nitrogens is 1. The molecule has 1 amide bonds. The third kappa shape index (κ3) is 4.56. The van der Waals surface area contributed by atoms with Crippen LogP contribution in [0, 0.1) is 0 Å². The first kappa shape index (κ1) is 19.8. The zero-order valence-electron chi connectivity index (χ0n) is 16.8. The van der Waals surface area contributed by atoms with Gasteiger partial charge in [-0.15, -0.1) is 0 Å². The minimum Gasteiger partial charge on any atom is -0.508 e. The molecular formula is C23H27N5O2. The number of aromatic amines is 1. The van der Waals surface area contributed by atoms with E-state index in [4.69, 9.17) is 5.73 Å². The van der Waals surface area contributed by atoms with Crippen molar-refractivity contribution in [3.63, 3.8) is 0 Å². The minimum atomic E-state index is -0.571. The molecule has 1 saturated carbocycles. The smallest absolute Gasteiger partial charge is 0.256 e. The number of rotatable bonds is 7.